The van der Waals surface area contributed by atoms with Crippen LogP contribution in [0.2, 0.25) is 0 Å². The van der Waals surface area contributed by atoms with Crippen LogP contribution in [-0.2, 0) is 6.54 Å². The molecule has 0 aromatic carbocycles. The maximum Gasteiger partial charge on any atom is 0.408 e. The summed E-state index contributed by atoms with van der Waals surface area (Å²) in [6.45, 7) is 5.24. The second-order valence-corrected chi connectivity index (χ2v) is 4.96. The van der Waals surface area contributed by atoms with Crippen LogP contribution in [0, 0.1) is 10.1 Å². The van der Waals surface area contributed by atoms with E-state index in [0.29, 0.717) is 4.68 Å². The Morgan fingerprint density at radius 2 is 1.79 bits per heavy atom. The van der Waals surface area contributed by atoms with Gasteiger partial charge in [0.25, 0.3) is 0 Å². The fourth-order valence-electron chi connectivity index (χ4n) is 1.92. The number of hydrogen-bond acceptors (Lipinski definition) is 3. The van der Waals surface area contributed by atoms with Crippen molar-refractivity contribution >= 4 is 5.69 Å². The second kappa shape index (κ2) is 5.18. The molecule has 0 aliphatic carbocycles. The second-order valence-electron chi connectivity index (χ2n) is 4.96. The molecule has 19 heavy (non-hydrogen) atoms. The summed E-state index contributed by atoms with van der Waals surface area (Å²) in [7, 11) is 0. The van der Waals surface area contributed by atoms with Gasteiger partial charge in [-0.05, 0) is 0 Å². The van der Waals surface area contributed by atoms with Gasteiger partial charge in [0.2, 0.25) is 0 Å². The van der Waals surface area contributed by atoms with Crippen molar-refractivity contribution in [3.8, 4) is 0 Å². The van der Waals surface area contributed by atoms with E-state index in [4.69, 9.17) is 0 Å². The lowest BCUT2D eigenvalue weighted by Crippen LogP contribution is -2.21. The highest BCUT2D eigenvalue weighted by Gasteiger charge is 2.36. The molecule has 0 unspecified atom stereocenters. The normalized spacial score (nSPS) is 12.5. The van der Waals surface area contributed by atoms with E-state index >= 15 is 0 Å². The zero-order valence-corrected chi connectivity index (χ0v) is 11.2. The molecule has 0 N–H and O–H groups in total. The third-order valence-corrected chi connectivity index (χ3v) is 2.60. The zero-order valence-electron chi connectivity index (χ0n) is 11.2. The van der Waals surface area contributed by atoms with E-state index in [1.807, 2.05) is 0 Å². The number of aromatic nitrogens is 2. The van der Waals surface area contributed by atoms with Crippen molar-refractivity contribution in [2.24, 2.45) is 0 Å². The lowest BCUT2D eigenvalue weighted by atomic mass is 10.0. The minimum atomic E-state index is -4.46. The Morgan fingerprint density at radius 3 is 2.11 bits per heavy atom. The molecule has 0 fully saturated rings. The van der Waals surface area contributed by atoms with Crippen molar-refractivity contribution in [2.45, 2.75) is 52.3 Å². The zero-order chi connectivity index (χ0) is 15.0. The van der Waals surface area contributed by atoms with Crippen molar-refractivity contribution in [3.63, 3.8) is 0 Å². The number of halogens is 3. The van der Waals surface area contributed by atoms with E-state index in [0.717, 1.165) is 0 Å². The molecule has 0 spiro atoms. The average molecular weight is 279 g/mol. The fraction of sp³-hybridized carbons (Fsp3) is 0.727. The quantitative estimate of drug-likeness (QED) is 0.625. The molecule has 0 atom stereocenters. The third kappa shape index (κ3) is 3.45. The van der Waals surface area contributed by atoms with Crippen LogP contribution in [0.15, 0.2) is 0 Å². The van der Waals surface area contributed by atoms with Crippen molar-refractivity contribution in [1.29, 1.82) is 0 Å². The monoisotopic (exact) mass is 279 g/mol. The first-order valence-electron chi connectivity index (χ1n) is 5.86. The molecule has 0 saturated heterocycles. The van der Waals surface area contributed by atoms with Gasteiger partial charge in [-0.25, -0.2) is 0 Å². The van der Waals surface area contributed by atoms with Gasteiger partial charge in [0.1, 0.15) is 17.9 Å². The van der Waals surface area contributed by atoms with Gasteiger partial charge in [0.05, 0.1) is 4.92 Å². The van der Waals surface area contributed by atoms with Crippen molar-refractivity contribution in [3.05, 3.63) is 21.5 Å². The number of alkyl halides is 3. The Kier molecular flexibility index (Phi) is 4.21. The summed E-state index contributed by atoms with van der Waals surface area (Å²) in [6, 6.07) is 0. The van der Waals surface area contributed by atoms with Gasteiger partial charge in [-0.1, -0.05) is 27.7 Å². The van der Waals surface area contributed by atoms with Crippen LogP contribution in [0.5, 0.6) is 0 Å². The van der Waals surface area contributed by atoms with Crippen molar-refractivity contribution in [2.75, 3.05) is 0 Å². The summed E-state index contributed by atoms with van der Waals surface area (Å²) in [5, 5.41) is 14.9. The summed E-state index contributed by atoms with van der Waals surface area (Å²) >= 11 is 0. The minimum Gasteiger partial charge on any atom is -0.258 e. The summed E-state index contributed by atoms with van der Waals surface area (Å²) in [5.41, 5.74) is -0.182. The Balaban J connectivity index is 3.47. The molecule has 1 rings (SSSR count). The Bertz CT molecular complexity index is 478. The third-order valence-electron chi connectivity index (χ3n) is 2.60. The standard InChI is InChI=1S/C11H16F3N3O2/c1-6(2)8-10(17(18)19)9(7(3)4)16(15-8)5-11(12,13)14/h6-7H,5H2,1-4H3. The molecule has 0 bridgehead atoms. The summed E-state index contributed by atoms with van der Waals surface area (Å²) in [5.74, 6) is -0.727. The van der Waals surface area contributed by atoms with Crippen LogP contribution in [0.1, 0.15) is 50.9 Å². The van der Waals surface area contributed by atoms with Gasteiger partial charge >= 0.3 is 11.9 Å². The molecule has 0 amide bonds. The maximum atomic E-state index is 12.5. The van der Waals surface area contributed by atoms with Gasteiger partial charge in [-0.3, -0.25) is 14.8 Å². The Hall–Kier alpha value is -1.60. The predicted octanol–water partition coefficient (Wildman–Crippen LogP) is 3.60. The number of rotatable bonds is 4. The Morgan fingerprint density at radius 1 is 1.26 bits per heavy atom. The molecule has 8 heteroatoms. The van der Waals surface area contributed by atoms with E-state index in [1.165, 1.54) is 0 Å². The SMILES string of the molecule is CC(C)c1nn(CC(F)(F)F)c(C(C)C)c1[N+](=O)[O-]. The van der Waals surface area contributed by atoms with Gasteiger partial charge in [0.15, 0.2) is 0 Å². The number of nitro groups is 1. The molecule has 1 heterocycles. The first kappa shape index (κ1) is 15.5. The van der Waals surface area contributed by atoms with Gasteiger partial charge in [0, 0.05) is 11.8 Å². The van der Waals surface area contributed by atoms with Gasteiger partial charge in [-0.2, -0.15) is 18.3 Å². The predicted molar refractivity (Wildman–Crippen MR) is 63.1 cm³/mol. The molecule has 0 aliphatic rings. The first-order valence-corrected chi connectivity index (χ1v) is 5.86. The van der Waals surface area contributed by atoms with Crippen LogP contribution >= 0.6 is 0 Å². The van der Waals surface area contributed by atoms with E-state index in [1.54, 1.807) is 27.7 Å². The number of hydrogen-bond donors (Lipinski definition) is 0. The van der Waals surface area contributed by atoms with E-state index in [-0.39, 0.29) is 23.0 Å². The lowest BCUT2D eigenvalue weighted by molar-refractivity contribution is -0.386. The molecule has 5 nitrogen and oxygen atoms in total. The molecule has 0 saturated carbocycles. The highest BCUT2D eigenvalue weighted by atomic mass is 19.4. The average Bonchev–Trinajstić information content (AvgIpc) is 2.54. The number of nitrogens with zero attached hydrogens (tertiary/aromatic N) is 3. The van der Waals surface area contributed by atoms with Crippen molar-refractivity contribution in [1.82, 2.24) is 9.78 Å². The molecule has 1 aromatic heterocycles. The first-order chi connectivity index (χ1) is 8.54. The van der Waals surface area contributed by atoms with E-state index < -0.39 is 23.6 Å². The molecule has 108 valence electrons. The summed E-state index contributed by atoms with van der Waals surface area (Å²) < 4.78 is 38.2. The highest BCUT2D eigenvalue weighted by molar-refractivity contribution is 5.44. The molecular weight excluding hydrogens is 263 g/mol. The summed E-state index contributed by atoms with van der Waals surface area (Å²) in [4.78, 5) is 10.5. The highest BCUT2D eigenvalue weighted by Crippen LogP contribution is 2.35. The van der Waals surface area contributed by atoms with Gasteiger partial charge in [-0.15, -0.1) is 0 Å². The fourth-order valence-corrected chi connectivity index (χ4v) is 1.92. The Labute approximate surface area is 108 Å². The topological polar surface area (TPSA) is 61.0 Å². The van der Waals surface area contributed by atoms with Crippen LogP contribution in [0.3, 0.4) is 0 Å². The molecule has 0 radical (unpaired) electrons. The minimum absolute atomic E-state index is 0.0195. The summed E-state index contributed by atoms with van der Waals surface area (Å²) in [6.07, 6.45) is -4.46. The molecular formula is C11H16F3N3O2. The van der Waals surface area contributed by atoms with Gasteiger partial charge < -0.3 is 0 Å². The van der Waals surface area contributed by atoms with Crippen LogP contribution in [0.25, 0.3) is 0 Å². The lowest BCUT2D eigenvalue weighted by Gasteiger charge is -2.11. The van der Waals surface area contributed by atoms with Crippen LogP contribution in [0.4, 0.5) is 18.9 Å². The van der Waals surface area contributed by atoms with Crippen LogP contribution < -0.4 is 0 Å². The smallest absolute Gasteiger partial charge is 0.258 e. The largest absolute Gasteiger partial charge is 0.408 e. The van der Waals surface area contributed by atoms with Crippen LogP contribution in [-0.4, -0.2) is 20.9 Å². The van der Waals surface area contributed by atoms with Crippen molar-refractivity contribution < 1.29 is 18.1 Å². The van der Waals surface area contributed by atoms with E-state index in [9.17, 15) is 23.3 Å². The van der Waals surface area contributed by atoms with E-state index in [2.05, 4.69) is 5.10 Å². The molecule has 1 aromatic rings. The maximum absolute atomic E-state index is 12.5. The molecule has 0 aliphatic heterocycles.